The summed E-state index contributed by atoms with van der Waals surface area (Å²) in [5.74, 6) is 1.18. The van der Waals surface area contributed by atoms with E-state index in [9.17, 15) is 0 Å². The Labute approximate surface area is 300 Å². The van der Waals surface area contributed by atoms with Crippen molar-refractivity contribution < 1.29 is 35.8 Å². The van der Waals surface area contributed by atoms with Crippen molar-refractivity contribution in [2.75, 3.05) is 25.6 Å². The van der Waals surface area contributed by atoms with E-state index in [0.29, 0.717) is 54.1 Å². The van der Waals surface area contributed by atoms with E-state index >= 15 is 21.6 Å². The Kier molecular flexibility index (Phi) is 10.7. The molecule has 0 spiro atoms. The lowest BCUT2D eigenvalue weighted by Crippen LogP contribution is -2.33. The summed E-state index contributed by atoms with van der Waals surface area (Å²) >= 11 is 0. The maximum atomic E-state index is 15.3. The minimum atomic E-state index is -5.06. The van der Waals surface area contributed by atoms with Gasteiger partial charge in [-0.25, -0.2) is 13.1 Å². The third kappa shape index (κ3) is 7.70. The SMILES string of the molecule is COc1ccc(CN(c2ccc(OC)cc2)S(=O)(=O)c2c(C(F)(F)F)ccc([C@H]3CC[C@H](N)CC3)c2-c2nnnn2Cc2ccc(OC)cc2)cc1. The Balaban J connectivity index is 1.61. The molecule has 11 nitrogen and oxygen atoms in total. The van der Waals surface area contributed by atoms with Gasteiger partial charge in [0.05, 0.1) is 45.7 Å². The van der Waals surface area contributed by atoms with Crippen molar-refractivity contribution >= 4 is 15.7 Å². The summed E-state index contributed by atoms with van der Waals surface area (Å²) in [6.07, 6.45) is -2.72. The smallest absolute Gasteiger partial charge is 0.417 e. The molecule has 1 aliphatic carbocycles. The van der Waals surface area contributed by atoms with Crippen molar-refractivity contribution in [1.82, 2.24) is 20.2 Å². The number of sulfonamides is 1. The van der Waals surface area contributed by atoms with Gasteiger partial charge in [0, 0.05) is 11.6 Å². The molecule has 1 fully saturated rings. The van der Waals surface area contributed by atoms with Gasteiger partial charge >= 0.3 is 6.18 Å². The van der Waals surface area contributed by atoms with Crippen LogP contribution in [0.1, 0.15) is 53.9 Å². The van der Waals surface area contributed by atoms with E-state index in [1.165, 1.54) is 44.2 Å². The number of methoxy groups -OCH3 is 3. The van der Waals surface area contributed by atoms with Crippen LogP contribution in [0, 0.1) is 0 Å². The number of ether oxygens (including phenoxy) is 3. The average Bonchev–Trinajstić information content (AvgIpc) is 3.61. The summed E-state index contributed by atoms with van der Waals surface area (Å²) in [4.78, 5) is -0.928. The number of anilines is 1. The molecule has 6 rings (SSSR count). The molecule has 274 valence electrons. The Hall–Kier alpha value is -5.15. The fourth-order valence-corrected chi connectivity index (χ4v) is 8.42. The molecule has 1 heterocycles. The first-order chi connectivity index (χ1) is 24.9. The van der Waals surface area contributed by atoms with Crippen LogP contribution in [0.4, 0.5) is 18.9 Å². The number of nitrogens with zero attached hydrogens (tertiary/aromatic N) is 5. The molecule has 0 amide bonds. The number of tetrazole rings is 1. The summed E-state index contributed by atoms with van der Waals surface area (Å²) in [5, 5.41) is 12.2. The van der Waals surface area contributed by atoms with Crippen LogP contribution in [-0.2, 0) is 29.3 Å². The number of alkyl halides is 3. The number of hydrogen-bond donors (Lipinski definition) is 1. The molecule has 4 aromatic carbocycles. The van der Waals surface area contributed by atoms with E-state index in [1.54, 1.807) is 60.7 Å². The van der Waals surface area contributed by atoms with Crippen LogP contribution in [0.3, 0.4) is 0 Å². The highest BCUT2D eigenvalue weighted by Crippen LogP contribution is 2.47. The van der Waals surface area contributed by atoms with E-state index in [-0.39, 0.29) is 42.1 Å². The first kappa shape index (κ1) is 36.6. The fourth-order valence-electron chi connectivity index (χ4n) is 6.55. The highest BCUT2D eigenvalue weighted by molar-refractivity contribution is 7.93. The topological polar surface area (TPSA) is 135 Å². The van der Waals surface area contributed by atoms with Crippen LogP contribution in [0.2, 0.25) is 0 Å². The summed E-state index contributed by atoms with van der Waals surface area (Å²) in [6, 6.07) is 21.9. The summed E-state index contributed by atoms with van der Waals surface area (Å²) < 4.78 is 94.3. The van der Waals surface area contributed by atoms with Gasteiger partial charge in [0.2, 0.25) is 0 Å². The Bertz CT molecular complexity index is 2080. The molecule has 0 saturated heterocycles. The molecule has 2 N–H and O–H groups in total. The van der Waals surface area contributed by atoms with Gasteiger partial charge in [-0.05, 0) is 113 Å². The van der Waals surface area contributed by atoms with Gasteiger partial charge in [-0.15, -0.1) is 5.10 Å². The number of aromatic nitrogens is 4. The summed E-state index contributed by atoms with van der Waals surface area (Å²) in [7, 11) is -0.543. The van der Waals surface area contributed by atoms with Crippen molar-refractivity contribution in [1.29, 1.82) is 0 Å². The molecule has 0 atom stereocenters. The van der Waals surface area contributed by atoms with E-state index in [0.717, 1.165) is 15.9 Å². The van der Waals surface area contributed by atoms with Crippen molar-refractivity contribution in [2.45, 2.75) is 61.8 Å². The van der Waals surface area contributed by atoms with Crippen LogP contribution >= 0.6 is 0 Å². The van der Waals surface area contributed by atoms with Crippen LogP contribution < -0.4 is 24.2 Å². The third-order valence-electron chi connectivity index (χ3n) is 9.35. The lowest BCUT2D eigenvalue weighted by Gasteiger charge is -2.31. The largest absolute Gasteiger partial charge is 0.497 e. The molecule has 1 aliphatic rings. The van der Waals surface area contributed by atoms with Crippen LogP contribution in [0.15, 0.2) is 89.8 Å². The van der Waals surface area contributed by atoms with E-state index in [1.807, 2.05) is 0 Å². The molecule has 0 radical (unpaired) electrons. The first-order valence-corrected chi connectivity index (χ1v) is 18.1. The lowest BCUT2D eigenvalue weighted by molar-refractivity contribution is -0.139. The maximum Gasteiger partial charge on any atom is 0.417 e. The predicted molar refractivity (Wildman–Crippen MR) is 189 cm³/mol. The molecule has 52 heavy (non-hydrogen) atoms. The zero-order valence-corrected chi connectivity index (χ0v) is 29.7. The van der Waals surface area contributed by atoms with E-state index in [2.05, 4.69) is 15.5 Å². The zero-order valence-electron chi connectivity index (χ0n) is 28.9. The summed E-state index contributed by atoms with van der Waals surface area (Å²) in [5.41, 5.74) is 6.46. The molecule has 0 unspecified atom stereocenters. The fraction of sp³-hybridized carbons (Fsp3) is 0.324. The lowest BCUT2D eigenvalue weighted by atomic mass is 9.79. The Morgan fingerprint density at radius 2 is 1.33 bits per heavy atom. The second-order valence-corrected chi connectivity index (χ2v) is 14.4. The number of benzene rings is 4. The van der Waals surface area contributed by atoms with Gasteiger partial charge in [0.1, 0.15) is 22.1 Å². The monoisotopic (exact) mass is 736 g/mol. The third-order valence-corrected chi connectivity index (χ3v) is 11.2. The summed E-state index contributed by atoms with van der Waals surface area (Å²) in [6.45, 7) is -0.250. The molecule has 0 bridgehead atoms. The molecule has 1 saturated carbocycles. The quantitative estimate of drug-likeness (QED) is 0.147. The van der Waals surface area contributed by atoms with Crippen LogP contribution in [0.25, 0.3) is 11.4 Å². The standard InChI is InChI=1S/C37H39F3N6O5S/c1-49-29-14-4-24(5-15-29)22-45-36(42-43-44-45)34-32(26-8-10-27(41)11-9-26)20-21-33(37(38,39)40)35(34)52(47,48)46(28-12-18-31(51-3)19-13-28)23-25-6-16-30(50-2)17-7-25/h4-7,12-21,26-27H,8-11,22-23,41H2,1-3H3/t26-,27-. The second-order valence-electron chi connectivity index (χ2n) is 12.6. The second kappa shape index (κ2) is 15.2. The van der Waals surface area contributed by atoms with Gasteiger partial charge in [-0.2, -0.15) is 13.2 Å². The van der Waals surface area contributed by atoms with E-state index in [4.69, 9.17) is 19.9 Å². The highest BCUT2D eigenvalue weighted by Gasteiger charge is 2.44. The number of hydrogen-bond acceptors (Lipinski definition) is 9. The molecular formula is C37H39F3N6O5S. The van der Waals surface area contributed by atoms with Crippen molar-refractivity contribution in [3.63, 3.8) is 0 Å². The van der Waals surface area contributed by atoms with Crippen LogP contribution in [-0.4, -0.2) is 56.0 Å². The number of rotatable bonds is 12. The Morgan fingerprint density at radius 3 is 1.87 bits per heavy atom. The van der Waals surface area contributed by atoms with Gasteiger partial charge in [0.15, 0.2) is 5.82 Å². The van der Waals surface area contributed by atoms with Crippen molar-refractivity contribution in [3.8, 4) is 28.6 Å². The highest BCUT2D eigenvalue weighted by atomic mass is 32.2. The molecule has 5 aromatic rings. The average molecular weight is 737 g/mol. The molecule has 0 aliphatic heterocycles. The van der Waals surface area contributed by atoms with Crippen molar-refractivity contribution in [2.24, 2.45) is 5.73 Å². The number of halogens is 3. The van der Waals surface area contributed by atoms with Crippen LogP contribution in [0.5, 0.6) is 17.2 Å². The molecule has 15 heteroatoms. The number of nitrogens with two attached hydrogens (primary N) is 1. The molecular weight excluding hydrogens is 698 g/mol. The Morgan fingerprint density at radius 1 is 0.788 bits per heavy atom. The van der Waals surface area contributed by atoms with E-state index < -0.39 is 26.7 Å². The van der Waals surface area contributed by atoms with Gasteiger partial charge < -0.3 is 19.9 Å². The van der Waals surface area contributed by atoms with Gasteiger partial charge in [-0.3, -0.25) is 4.31 Å². The van der Waals surface area contributed by atoms with Gasteiger partial charge in [-0.1, -0.05) is 30.3 Å². The molecule has 1 aromatic heterocycles. The zero-order chi connectivity index (χ0) is 37.0. The maximum absolute atomic E-state index is 15.3. The van der Waals surface area contributed by atoms with Crippen molar-refractivity contribution in [3.05, 3.63) is 107 Å². The van der Waals surface area contributed by atoms with Gasteiger partial charge in [0.25, 0.3) is 10.0 Å². The minimum absolute atomic E-state index is 0.0467. The minimum Gasteiger partial charge on any atom is -0.497 e. The first-order valence-electron chi connectivity index (χ1n) is 16.6. The normalized spacial score (nSPS) is 16.4. The predicted octanol–water partition coefficient (Wildman–Crippen LogP) is 6.81.